The second-order valence-corrected chi connectivity index (χ2v) is 13.1. The topological polar surface area (TPSA) is 102 Å². The number of rotatable bonds is 5. The van der Waals surface area contributed by atoms with Gasteiger partial charge in [0.1, 0.15) is 11.5 Å². The van der Waals surface area contributed by atoms with Crippen molar-refractivity contribution in [1.29, 1.82) is 0 Å². The maximum atomic E-state index is 13.5. The lowest BCUT2D eigenvalue weighted by atomic mass is 9.89. The fourth-order valence-corrected chi connectivity index (χ4v) is 7.29. The summed E-state index contributed by atoms with van der Waals surface area (Å²) in [5.74, 6) is -0.103. The zero-order chi connectivity index (χ0) is 30.4. The van der Waals surface area contributed by atoms with E-state index in [2.05, 4.69) is 22.4 Å². The second kappa shape index (κ2) is 11.9. The molecule has 1 aliphatic carbocycles. The van der Waals surface area contributed by atoms with E-state index in [0.717, 1.165) is 24.1 Å². The molecular formula is C33H35Cl2N5O4. The van der Waals surface area contributed by atoms with Gasteiger partial charge in [0, 0.05) is 35.4 Å². The van der Waals surface area contributed by atoms with Gasteiger partial charge in [-0.25, -0.2) is 4.98 Å². The highest BCUT2D eigenvalue weighted by molar-refractivity contribution is 6.31. The number of amides is 1. The number of ether oxygens (including phenoxy) is 1. The van der Waals surface area contributed by atoms with Crippen LogP contribution in [0.25, 0.3) is 16.7 Å². The average Bonchev–Trinajstić information content (AvgIpc) is 3.39. The zero-order valence-electron chi connectivity index (χ0n) is 24.3. The standard InChI is InChI=1S/C33H35Cl2N5O4/c34-23-9-5-22(6-10-23)31(41)38-15-13-33(43,14-16-38)19-39-20-36-30-25(32(39)42)17-29(35)40(30)24-11-7-21(8-12-24)27-18-44-28-4-2-1-3-26(28)37-27/h5-12,17,20,26-28,37,43H,1-4,13-16,18-19H2. The van der Waals surface area contributed by atoms with Crippen molar-refractivity contribution in [2.45, 2.75) is 68.9 Å². The Hall–Kier alpha value is -3.21. The fourth-order valence-electron chi connectivity index (χ4n) is 6.88. The molecule has 2 saturated heterocycles. The summed E-state index contributed by atoms with van der Waals surface area (Å²) in [4.78, 5) is 32.8. The van der Waals surface area contributed by atoms with Gasteiger partial charge in [-0.3, -0.25) is 18.7 Å². The Bertz CT molecular complexity index is 1730. The summed E-state index contributed by atoms with van der Waals surface area (Å²) in [5.41, 5.74) is 1.55. The maximum absolute atomic E-state index is 13.5. The first-order chi connectivity index (χ1) is 21.3. The summed E-state index contributed by atoms with van der Waals surface area (Å²) in [5, 5.41) is 16.5. The minimum Gasteiger partial charge on any atom is -0.388 e. The van der Waals surface area contributed by atoms with Crippen molar-refractivity contribution < 1.29 is 14.6 Å². The average molecular weight is 637 g/mol. The van der Waals surface area contributed by atoms with Crippen LogP contribution in [0.4, 0.5) is 0 Å². The summed E-state index contributed by atoms with van der Waals surface area (Å²) >= 11 is 12.6. The third-order valence-electron chi connectivity index (χ3n) is 9.43. The number of fused-ring (bicyclic) bond motifs is 2. The van der Waals surface area contributed by atoms with E-state index in [9.17, 15) is 14.7 Å². The van der Waals surface area contributed by atoms with Gasteiger partial charge in [-0.05, 0) is 73.7 Å². The molecule has 4 heterocycles. The lowest BCUT2D eigenvalue weighted by Gasteiger charge is -2.40. The number of carbonyl (C=O) groups is 1. The molecule has 0 radical (unpaired) electrons. The van der Waals surface area contributed by atoms with Gasteiger partial charge in [0.2, 0.25) is 0 Å². The van der Waals surface area contributed by atoms with E-state index in [4.69, 9.17) is 27.9 Å². The van der Waals surface area contributed by atoms with Crippen LogP contribution in [0.15, 0.2) is 65.7 Å². The largest absolute Gasteiger partial charge is 0.388 e. The van der Waals surface area contributed by atoms with Crippen molar-refractivity contribution in [3.63, 3.8) is 0 Å². The van der Waals surface area contributed by atoms with Crippen LogP contribution < -0.4 is 10.9 Å². The molecule has 7 rings (SSSR count). The van der Waals surface area contributed by atoms with Gasteiger partial charge in [-0.1, -0.05) is 48.2 Å². The fraction of sp³-hybridized carbons (Fsp3) is 0.424. The summed E-state index contributed by atoms with van der Waals surface area (Å²) in [6.07, 6.45) is 7.22. The first-order valence-corrected chi connectivity index (χ1v) is 16.1. The smallest absolute Gasteiger partial charge is 0.262 e. The molecule has 3 atom stereocenters. The number of morpholine rings is 1. The van der Waals surface area contributed by atoms with Crippen LogP contribution in [0.5, 0.6) is 0 Å². The van der Waals surface area contributed by atoms with Crippen LogP contribution in [0.2, 0.25) is 10.2 Å². The number of aromatic nitrogens is 3. The zero-order valence-corrected chi connectivity index (χ0v) is 25.8. The molecule has 0 spiro atoms. The van der Waals surface area contributed by atoms with Crippen molar-refractivity contribution in [2.24, 2.45) is 0 Å². The van der Waals surface area contributed by atoms with E-state index >= 15 is 0 Å². The molecule has 1 amide bonds. The molecule has 0 bridgehead atoms. The van der Waals surface area contributed by atoms with E-state index in [1.807, 2.05) is 12.1 Å². The molecule has 2 aliphatic heterocycles. The number of nitrogens with one attached hydrogen (secondary N) is 1. The summed E-state index contributed by atoms with van der Waals surface area (Å²) in [6.45, 7) is 1.49. The molecule has 230 valence electrons. The molecule has 2 aromatic carbocycles. The van der Waals surface area contributed by atoms with Gasteiger partial charge >= 0.3 is 0 Å². The van der Waals surface area contributed by atoms with E-state index in [1.165, 1.54) is 23.7 Å². The van der Waals surface area contributed by atoms with E-state index < -0.39 is 5.60 Å². The lowest BCUT2D eigenvalue weighted by Crippen LogP contribution is -2.51. The molecule has 4 aromatic rings. The van der Waals surface area contributed by atoms with E-state index in [1.54, 1.807) is 39.8 Å². The highest BCUT2D eigenvalue weighted by atomic mass is 35.5. The van der Waals surface area contributed by atoms with Crippen LogP contribution >= 0.6 is 23.2 Å². The Labute approximate surface area is 265 Å². The van der Waals surface area contributed by atoms with E-state index in [0.29, 0.717) is 71.5 Å². The third-order valence-corrected chi connectivity index (χ3v) is 9.96. The van der Waals surface area contributed by atoms with Crippen LogP contribution in [-0.4, -0.2) is 67.5 Å². The number of nitrogens with zero attached hydrogens (tertiary/aromatic N) is 4. The third kappa shape index (κ3) is 5.68. The van der Waals surface area contributed by atoms with Gasteiger partial charge in [-0.2, -0.15) is 0 Å². The minimum absolute atomic E-state index is 0.0769. The van der Waals surface area contributed by atoms with Crippen molar-refractivity contribution in [2.75, 3.05) is 19.7 Å². The van der Waals surface area contributed by atoms with Gasteiger partial charge in [0.05, 0.1) is 36.3 Å². The SMILES string of the molecule is O=C(c1ccc(Cl)cc1)N1CCC(O)(Cn2cnc3c(cc(Cl)n3-c3ccc(C4COC5CCCCC5N4)cc3)c2=O)CC1. The number of piperidine rings is 1. The van der Waals surface area contributed by atoms with Gasteiger partial charge < -0.3 is 20.1 Å². The molecular weight excluding hydrogens is 601 g/mol. The predicted molar refractivity (Wildman–Crippen MR) is 170 cm³/mol. The summed E-state index contributed by atoms with van der Waals surface area (Å²) in [7, 11) is 0. The normalized spacial score (nSPS) is 23.4. The Kier molecular flexibility index (Phi) is 8.01. The first-order valence-electron chi connectivity index (χ1n) is 15.3. The number of likely N-dealkylation sites (tertiary alicyclic amines) is 1. The van der Waals surface area contributed by atoms with Gasteiger partial charge in [0.25, 0.3) is 11.5 Å². The van der Waals surface area contributed by atoms with E-state index in [-0.39, 0.29) is 24.1 Å². The number of halogens is 2. The lowest BCUT2D eigenvalue weighted by molar-refractivity contribution is -0.0461. The number of aliphatic hydroxyl groups is 1. The molecule has 3 unspecified atom stereocenters. The maximum Gasteiger partial charge on any atom is 0.262 e. The summed E-state index contributed by atoms with van der Waals surface area (Å²) in [6, 6.07) is 17.1. The Morgan fingerprint density at radius 2 is 1.77 bits per heavy atom. The van der Waals surface area contributed by atoms with Crippen LogP contribution in [0, 0.1) is 0 Å². The Morgan fingerprint density at radius 1 is 1.05 bits per heavy atom. The molecule has 44 heavy (non-hydrogen) atoms. The molecule has 3 aliphatic rings. The summed E-state index contributed by atoms with van der Waals surface area (Å²) < 4.78 is 9.38. The van der Waals surface area contributed by atoms with Gasteiger partial charge in [0.15, 0.2) is 5.65 Å². The second-order valence-electron chi connectivity index (χ2n) is 12.3. The van der Waals surface area contributed by atoms with Crippen LogP contribution in [-0.2, 0) is 11.3 Å². The number of hydrogen-bond acceptors (Lipinski definition) is 6. The Morgan fingerprint density at radius 3 is 2.52 bits per heavy atom. The molecule has 2 aromatic heterocycles. The highest BCUT2D eigenvalue weighted by Gasteiger charge is 2.36. The van der Waals surface area contributed by atoms with Gasteiger partial charge in [-0.15, -0.1) is 0 Å². The van der Waals surface area contributed by atoms with Crippen molar-refractivity contribution in [3.8, 4) is 5.69 Å². The molecule has 9 nitrogen and oxygen atoms in total. The number of benzene rings is 2. The van der Waals surface area contributed by atoms with Crippen molar-refractivity contribution in [3.05, 3.63) is 92.6 Å². The molecule has 11 heteroatoms. The molecule has 3 fully saturated rings. The predicted octanol–water partition coefficient (Wildman–Crippen LogP) is 5.13. The quantitative estimate of drug-likeness (QED) is 0.315. The first kappa shape index (κ1) is 29.5. The highest BCUT2D eigenvalue weighted by Crippen LogP contribution is 2.31. The van der Waals surface area contributed by atoms with Crippen LogP contribution in [0.1, 0.15) is 60.5 Å². The monoisotopic (exact) mass is 635 g/mol. The minimum atomic E-state index is -1.15. The molecule has 1 saturated carbocycles. The Balaban J connectivity index is 1.05. The number of carbonyl (C=O) groups excluding carboxylic acids is 1. The number of hydrogen-bond donors (Lipinski definition) is 2. The van der Waals surface area contributed by atoms with Crippen molar-refractivity contribution in [1.82, 2.24) is 24.3 Å². The van der Waals surface area contributed by atoms with Crippen LogP contribution in [0.3, 0.4) is 0 Å². The van der Waals surface area contributed by atoms with Crippen molar-refractivity contribution >= 4 is 40.1 Å². The molecule has 2 N–H and O–H groups in total.